The summed E-state index contributed by atoms with van der Waals surface area (Å²) in [5, 5.41) is 0. The van der Waals surface area contributed by atoms with Crippen molar-refractivity contribution in [3.8, 4) is 90.4 Å². The van der Waals surface area contributed by atoms with E-state index >= 15 is 0 Å². The van der Waals surface area contributed by atoms with Gasteiger partial charge in [0.15, 0.2) is 28.8 Å². The van der Waals surface area contributed by atoms with Crippen LogP contribution < -0.4 is 9.47 Å². The summed E-state index contributed by atoms with van der Waals surface area (Å²) in [5.41, 5.74) is 14.5. The Balaban J connectivity index is 1.02. The standard InChI is InChI=1S/C58H37N3O2/c1-4-18-38(19-5-1)50-37-51(61-57(60-50)40-21-16-20-39(36-40)49-31-14-15-35-59-49)44-27-11-10-26-43(44)45-29-17-32-52-55(45)63-56-53(62-52)34-33-48-54(56)46-28-12-13-30-47(46)58(48,41-22-6-2-7-23-41)42-24-8-3-9-25-42/h1-37H. The Morgan fingerprint density at radius 2 is 0.952 bits per heavy atom. The van der Waals surface area contributed by atoms with Crippen LogP contribution in [-0.2, 0) is 5.41 Å². The molecular weight excluding hydrogens is 771 g/mol. The topological polar surface area (TPSA) is 57.1 Å². The van der Waals surface area contributed by atoms with Crippen molar-refractivity contribution < 1.29 is 9.47 Å². The van der Waals surface area contributed by atoms with E-state index in [0.717, 1.165) is 67.2 Å². The third kappa shape index (κ3) is 5.97. The first kappa shape index (κ1) is 36.4. The van der Waals surface area contributed by atoms with Crippen LogP contribution in [-0.4, -0.2) is 15.0 Å². The summed E-state index contributed by atoms with van der Waals surface area (Å²) in [6.07, 6.45) is 1.81. The molecule has 8 aromatic carbocycles. The number of benzene rings is 8. The monoisotopic (exact) mass is 807 g/mol. The molecule has 63 heavy (non-hydrogen) atoms. The zero-order valence-corrected chi connectivity index (χ0v) is 34.0. The first-order chi connectivity index (χ1) is 31.2. The van der Waals surface area contributed by atoms with Crippen LogP contribution in [0.3, 0.4) is 0 Å². The quantitative estimate of drug-likeness (QED) is 0.161. The van der Waals surface area contributed by atoms with E-state index < -0.39 is 5.41 Å². The molecule has 5 heteroatoms. The summed E-state index contributed by atoms with van der Waals surface area (Å²) in [5.74, 6) is 3.31. The summed E-state index contributed by atoms with van der Waals surface area (Å²) < 4.78 is 14.1. The first-order valence-corrected chi connectivity index (χ1v) is 21.2. The van der Waals surface area contributed by atoms with Gasteiger partial charge in [0.25, 0.3) is 0 Å². The number of pyridine rings is 1. The highest BCUT2D eigenvalue weighted by Crippen LogP contribution is 2.63. The fourth-order valence-electron chi connectivity index (χ4n) is 9.56. The Morgan fingerprint density at radius 3 is 1.71 bits per heavy atom. The third-order valence-corrected chi connectivity index (χ3v) is 12.3. The number of rotatable bonds is 7. The number of nitrogens with zero attached hydrogens (tertiary/aromatic N) is 3. The van der Waals surface area contributed by atoms with Crippen molar-refractivity contribution in [1.82, 2.24) is 15.0 Å². The largest absolute Gasteiger partial charge is 0.449 e. The van der Waals surface area contributed by atoms with Gasteiger partial charge in [-0.15, -0.1) is 0 Å². The van der Waals surface area contributed by atoms with Crippen LogP contribution in [0.1, 0.15) is 22.3 Å². The van der Waals surface area contributed by atoms with Crippen molar-refractivity contribution in [2.45, 2.75) is 5.41 Å². The molecule has 0 N–H and O–H groups in total. The maximum Gasteiger partial charge on any atom is 0.178 e. The fraction of sp³-hybridized carbons (Fsp3) is 0.0172. The molecule has 0 spiro atoms. The normalized spacial score (nSPS) is 12.8. The molecule has 0 fully saturated rings. The minimum atomic E-state index is -0.572. The summed E-state index contributed by atoms with van der Waals surface area (Å²) in [6.45, 7) is 0. The van der Waals surface area contributed by atoms with E-state index in [2.05, 4.69) is 169 Å². The van der Waals surface area contributed by atoms with Gasteiger partial charge in [-0.1, -0.05) is 182 Å². The molecule has 296 valence electrons. The minimum absolute atomic E-state index is 0.572. The van der Waals surface area contributed by atoms with E-state index in [-0.39, 0.29) is 0 Å². The van der Waals surface area contributed by atoms with Gasteiger partial charge in [-0.25, -0.2) is 9.97 Å². The maximum atomic E-state index is 7.30. The predicted molar refractivity (Wildman–Crippen MR) is 251 cm³/mol. The predicted octanol–water partition coefficient (Wildman–Crippen LogP) is 14.5. The molecule has 12 rings (SSSR count). The highest BCUT2D eigenvalue weighted by molar-refractivity contribution is 5.94. The number of aromatic nitrogens is 3. The average molecular weight is 808 g/mol. The summed E-state index contributed by atoms with van der Waals surface area (Å²) >= 11 is 0. The number of ether oxygens (including phenoxy) is 2. The van der Waals surface area contributed by atoms with Gasteiger partial charge in [0.2, 0.25) is 0 Å². The molecule has 0 amide bonds. The van der Waals surface area contributed by atoms with Crippen molar-refractivity contribution in [1.29, 1.82) is 0 Å². The average Bonchev–Trinajstić information content (AvgIpc) is 3.68. The van der Waals surface area contributed by atoms with E-state index in [9.17, 15) is 0 Å². The van der Waals surface area contributed by atoms with E-state index in [1.807, 2.05) is 60.8 Å². The number of hydrogen-bond acceptors (Lipinski definition) is 5. The molecule has 0 bridgehead atoms. The molecule has 3 heterocycles. The summed E-state index contributed by atoms with van der Waals surface area (Å²) in [7, 11) is 0. The Hall–Kier alpha value is -8.41. The lowest BCUT2D eigenvalue weighted by Crippen LogP contribution is -2.28. The molecule has 1 aliphatic heterocycles. The van der Waals surface area contributed by atoms with Gasteiger partial charge in [0, 0.05) is 39.6 Å². The third-order valence-electron chi connectivity index (χ3n) is 12.3. The van der Waals surface area contributed by atoms with Gasteiger partial charge in [-0.05, 0) is 69.8 Å². The molecule has 0 atom stereocenters. The van der Waals surface area contributed by atoms with E-state index in [1.165, 1.54) is 16.7 Å². The van der Waals surface area contributed by atoms with Crippen LogP contribution in [0.4, 0.5) is 0 Å². The summed E-state index contributed by atoms with van der Waals surface area (Å²) in [6, 6.07) is 75.7. The van der Waals surface area contributed by atoms with E-state index in [4.69, 9.17) is 19.4 Å². The van der Waals surface area contributed by atoms with Crippen LogP contribution in [0.5, 0.6) is 23.0 Å². The summed E-state index contributed by atoms with van der Waals surface area (Å²) in [4.78, 5) is 15.1. The second kappa shape index (κ2) is 14.9. The van der Waals surface area contributed by atoms with Crippen LogP contribution in [0, 0.1) is 0 Å². The van der Waals surface area contributed by atoms with Gasteiger partial charge in [0.05, 0.1) is 22.5 Å². The molecule has 5 nitrogen and oxygen atoms in total. The Bertz CT molecular complexity index is 3300. The van der Waals surface area contributed by atoms with Crippen LogP contribution in [0.25, 0.3) is 67.4 Å². The maximum absolute atomic E-state index is 7.30. The van der Waals surface area contributed by atoms with Gasteiger partial charge in [-0.3, -0.25) is 4.98 Å². The number of para-hydroxylation sites is 1. The molecule has 1 aliphatic carbocycles. The van der Waals surface area contributed by atoms with Crippen molar-refractivity contribution in [3.05, 3.63) is 247 Å². The van der Waals surface area contributed by atoms with Crippen molar-refractivity contribution in [2.75, 3.05) is 0 Å². The molecule has 10 aromatic rings. The van der Waals surface area contributed by atoms with Crippen molar-refractivity contribution >= 4 is 0 Å². The molecule has 0 radical (unpaired) electrons. The fourth-order valence-corrected chi connectivity index (χ4v) is 9.56. The molecular formula is C58H37N3O2. The van der Waals surface area contributed by atoms with Gasteiger partial charge < -0.3 is 9.47 Å². The lowest BCUT2D eigenvalue weighted by molar-refractivity contribution is 0.361. The first-order valence-electron chi connectivity index (χ1n) is 21.2. The lowest BCUT2D eigenvalue weighted by atomic mass is 9.68. The Kier molecular flexibility index (Phi) is 8.64. The number of fused-ring (bicyclic) bond motifs is 6. The smallest absolute Gasteiger partial charge is 0.178 e. The van der Waals surface area contributed by atoms with E-state index in [0.29, 0.717) is 28.8 Å². The van der Waals surface area contributed by atoms with Gasteiger partial charge >= 0.3 is 0 Å². The second-order valence-electron chi connectivity index (χ2n) is 15.8. The Labute approximate surface area is 365 Å². The SMILES string of the molecule is c1ccc(-c2cc(-c3ccccc3-c3cccc4c3Oc3c(ccc5c3-c3ccccc3C5(c3ccccc3)c3ccccc3)O4)nc(-c3cccc(-c4ccccn4)c3)n2)cc1. The highest BCUT2D eigenvalue weighted by Gasteiger charge is 2.48. The van der Waals surface area contributed by atoms with Crippen LogP contribution >= 0.6 is 0 Å². The molecule has 0 unspecified atom stereocenters. The molecule has 2 aliphatic rings. The minimum Gasteiger partial charge on any atom is -0.449 e. The van der Waals surface area contributed by atoms with Crippen molar-refractivity contribution in [3.63, 3.8) is 0 Å². The van der Waals surface area contributed by atoms with Gasteiger partial charge in [0.1, 0.15) is 0 Å². The number of hydrogen-bond donors (Lipinski definition) is 0. The molecule has 0 saturated heterocycles. The zero-order chi connectivity index (χ0) is 41.7. The highest BCUT2D eigenvalue weighted by atomic mass is 16.6. The Morgan fingerprint density at radius 1 is 0.349 bits per heavy atom. The van der Waals surface area contributed by atoms with Gasteiger partial charge in [-0.2, -0.15) is 0 Å². The zero-order valence-electron chi connectivity index (χ0n) is 34.0. The van der Waals surface area contributed by atoms with Crippen LogP contribution in [0.15, 0.2) is 225 Å². The van der Waals surface area contributed by atoms with Crippen LogP contribution in [0.2, 0.25) is 0 Å². The van der Waals surface area contributed by atoms with E-state index in [1.54, 1.807) is 0 Å². The van der Waals surface area contributed by atoms with Crippen molar-refractivity contribution in [2.24, 2.45) is 0 Å². The molecule has 0 saturated carbocycles. The molecule has 2 aromatic heterocycles. The second-order valence-corrected chi connectivity index (χ2v) is 15.8. The lowest BCUT2D eigenvalue weighted by Gasteiger charge is -2.34.